The molecule has 0 aromatic rings. The number of aliphatic carboxylic acids is 1. The summed E-state index contributed by atoms with van der Waals surface area (Å²) in [4.78, 5) is 24.7. The summed E-state index contributed by atoms with van der Waals surface area (Å²) in [7, 11) is 1.59. The van der Waals surface area contributed by atoms with Crippen LogP contribution in [0.1, 0.15) is 39.5 Å². The molecule has 1 aliphatic rings. The second-order valence-electron chi connectivity index (χ2n) is 5.02. The van der Waals surface area contributed by atoms with E-state index >= 15 is 0 Å². The van der Waals surface area contributed by atoms with E-state index in [1.165, 1.54) is 4.90 Å². The standard InChI is InChI=1S/C13H24N2O3/c1-4-9-6-7-14-10(8-9)12(16)15(3)11(5-2)13(17)18/h9-11,14H,4-8H2,1-3H3,(H,17,18). The molecule has 0 aliphatic carbocycles. The number of carbonyl (C=O) groups excluding carboxylic acids is 1. The second kappa shape index (κ2) is 6.73. The van der Waals surface area contributed by atoms with Crippen molar-refractivity contribution in [1.29, 1.82) is 0 Å². The average Bonchev–Trinajstić information content (AvgIpc) is 2.38. The number of rotatable bonds is 5. The van der Waals surface area contributed by atoms with E-state index in [4.69, 9.17) is 5.11 Å². The van der Waals surface area contributed by atoms with E-state index in [2.05, 4.69) is 12.2 Å². The van der Waals surface area contributed by atoms with Gasteiger partial charge in [0.15, 0.2) is 0 Å². The smallest absolute Gasteiger partial charge is 0.326 e. The van der Waals surface area contributed by atoms with Crippen LogP contribution in [0.2, 0.25) is 0 Å². The summed E-state index contributed by atoms with van der Waals surface area (Å²) >= 11 is 0. The molecule has 0 saturated carbocycles. The first-order valence-electron chi connectivity index (χ1n) is 6.74. The fourth-order valence-electron chi connectivity index (χ4n) is 2.57. The van der Waals surface area contributed by atoms with Crippen LogP contribution in [0.3, 0.4) is 0 Å². The molecule has 5 nitrogen and oxygen atoms in total. The lowest BCUT2D eigenvalue weighted by molar-refractivity contribution is -0.150. The lowest BCUT2D eigenvalue weighted by Gasteiger charge is -2.33. The molecule has 5 heteroatoms. The van der Waals surface area contributed by atoms with Crippen LogP contribution in [0.25, 0.3) is 0 Å². The third kappa shape index (κ3) is 3.45. The monoisotopic (exact) mass is 256 g/mol. The minimum atomic E-state index is -0.934. The Labute approximate surface area is 109 Å². The molecule has 3 atom stereocenters. The molecule has 18 heavy (non-hydrogen) atoms. The van der Waals surface area contributed by atoms with Gasteiger partial charge in [-0.25, -0.2) is 4.79 Å². The number of likely N-dealkylation sites (N-methyl/N-ethyl adjacent to an activating group) is 1. The third-order valence-electron chi connectivity index (χ3n) is 3.87. The van der Waals surface area contributed by atoms with Gasteiger partial charge in [-0.3, -0.25) is 4.79 Å². The summed E-state index contributed by atoms with van der Waals surface area (Å²) in [6, 6.07) is -0.941. The van der Waals surface area contributed by atoms with Crippen LogP contribution in [0.15, 0.2) is 0 Å². The predicted octanol–water partition coefficient (Wildman–Crippen LogP) is 1.09. The van der Waals surface area contributed by atoms with Crippen LogP contribution in [0.4, 0.5) is 0 Å². The summed E-state index contributed by atoms with van der Waals surface area (Å²) in [5, 5.41) is 12.3. The average molecular weight is 256 g/mol. The largest absolute Gasteiger partial charge is 0.480 e. The van der Waals surface area contributed by atoms with Crippen molar-refractivity contribution in [2.75, 3.05) is 13.6 Å². The van der Waals surface area contributed by atoms with Crippen molar-refractivity contribution in [1.82, 2.24) is 10.2 Å². The number of carbonyl (C=O) groups is 2. The fourth-order valence-corrected chi connectivity index (χ4v) is 2.57. The maximum absolute atomic E-state index is 12.3. The number of piperidine rings is 1. The van der Waals surface area contributed by atoms with Crippen LogP contribution >= 0.6 is 0 Å². The van der Waals surface area contributed by atoms with Gasteiger partial charge in [-0.2, -0.15) is 0 Å². The molecule has 1 rings (SSSR count). The van der Waals surface area contributed by atoms with Crippen molar-refractivity contribution in [3.05, 3.63) is 0 Å². The van der Waals surface area contributed by atoms with Gasteiger partial charge in [0.1, 0.15) is 6.04 Å². The van der Waals surface area contributed by atoms with Crippen LogP contribution in [-0.4, -0.2) is 47.6 Å². The SMILES string of the molecule is CCC1CCNC(C(=O)N(C)C(CC)C(=O)O)C1. The molecule has 1 fully saturated rings. The highest BCUT2D eigenvalue weighted by atomic mass is 16.4. The molecule has 2 N–H and O–H groups in total. The molecule has 104 valence electrons. The Balaban J connectivity index is 2.65. The van der Waals surface area contributed by atoms with Crippen molar-refractivity contribution in [2.45, 2.75) is 51.6 Å². The topological polar surface area (TPSA) is 69.6 Å². The van der Waals surface area contributed by atoms with E-state index in [1.807, 2.05) is 0 Å². The Kier molecular flexibility index (Phi) is 5.59. The van der Waals surface area contributed by atoms with Crippen molar-refractivity contribution in [3.63, 3.8) is 0 Å². The zero-order valence-corrected chi connectivity index (χ0v) is 11.5. The Morgan fingerprint density at radius 1 is 1.44 bits per heavy atom. The second-order valence-corrected chi connectivity index (χ2v) is 5.02. The quantitative estimate of drug-likeness (QED) is 0.772. The van der Waals surface area contributed by atoms with Crippen LogP contribution in [0, 0.1) is 5.92 Å². The van der Waals surface area contributed by atoms with E-state index in [-0.39, 0.29) is 11.9 Å². The van der Waals surface area contributed by atoms with Crippen LogP contribution < -0.4 is 5.32 Å². The number of nitrogens with one attached hydrogen (secondary N) is 1. The summed E-state index contributed by atoms with van der Waals surface area (Å²) in [6.07, 6.45) is 3.42. The highest BCUT2D eigenvalue weighted by Crippen LogP contribution is 2.21. The number of carboxylic acids is 1. The van der Waals surface area contributed by atoms with Gasteiger partial charge < -0.3 is 15.3 Å². The highest BCUT2D eigenvalue weighted by molar-refractivity contribution is 5.86. The molecule has 0 spiro atoms. The predicted molar refractivity (Wildman–Crippen MR) is 69.3 cm³/mol. The van der Waals surface area contributed by atoms with Crippen molar-refractivity contribution in [2.24, 2.45) is 5.92 Å². The van der Waals surface area contributed by atoms with Crippen LogP contribution in [-0.2, 0) is 9.59 Å². The van der Waals surface area contributed by atoms with Crippen LogP contribution in [0.5, 0.6) is 0 Å². The number of nitrogens with zero attached hydrogens (tertiary/aromatic N) is 1. The van der Waals surface area contributed by atoms with E-state index in [9.17, 15) is 9.59 Å². The summed E-state index contributed by atoms with van der Waals surface area (Å²) in [5.74, 6) is -0.461. The Morgan fingerprint density at radius 3 is 2.61 bits per heavy atom. The molecule has 1 heterocycles. The van der Waals surface area contributed by atoms with Gasteiger partial charge in [0.05, 0.1) is 6.04 Å². The molecule has 0 radical (unpaired) electrons. The zero-order chi connectivity index (χ0) is 13.7. The van der Waals surface area contributed by atoms with Crippen molar-refractivity contribution in [3.8, 4) is 0 Å². The van der Waals surface area contributed by atoms with E-state index in [0.29, 0.717) is 12.3 Å². The fraction of sp³-hybridized carbons (Fsp3) is 0.846. The number of hydrogen-bond acceptors (Lipinski definition) is 3. The molecule has 0 bridgehead atoms. The molecule has 3 unspecified atom stereocenters. The first kappa shape index (κ1) is 15.0. The molecular formula is C13H24N2O3. The zero-order valence-electron chi connectivity index (χ0n) is 11.5. The van der Waals surface area contributed by atoms with E-state index in [0.717, 1.165) is 25.8 Å². The normalized spacial score (nSPS) is 25.5. The lowest BCUT2D eigenvalue weighted by Crippen LogP contribution is -2.53. The third-order valence-corrected chi connectivity index (χ3v) is 3.87. The first-order chi connectivity index (χ1) is 8.51. The molecule has 1 saturated heterocycles. The van der Waals surface area contributed by atoms with E-state index < -0.39 is 12.0 Å². The number of amides is 1. The Bertz CT molecular complexity index is 307. The van der Waals surface area contributed by atoms with Gasteiger partial charge in [0.2, 0.25) is 5.91 Å². The van der Waals surface area contributed by atoms with Crippen molar-refractivity contribution < 1.29 is 14.7 Å². The van der Waals surface area contributed by atoms with Gasteiger partial charge in [0, 0.05) is 7.05 Å². The minimum absolute atomic E-state index is 0.0950. The van der Waals surface area contributed by atoms with Gasteiger partial charge in [-0.1, -0.05) is 20.3 Å². The maximum Gasteiger partial charge on any atom is 0.326 e. The van der Waals surface area contributed by atoms with Gasteiger partial charge in [-0.15, -0.1) is 0 Å². The first-order valence-corrected chi connectivity index (χ1v) is 6.74. The van der Waals surface area contributed by atoms with Gasteiger partial charge in [0.25, 0.3) is 0 Å². The highest BCUT2D eigenvalue weighted by Gasteiger charge is 2.32. The molecular weight excluding hydrogens is 232 g/mol. The summed E-state index contributed by atoms with van der Waals surface area (Å²) in [5.41, 5.74) is 0. The molecule has 0 aromatic carbocycles. The van der Waals surface area contributed by atoms with Gasteiger partial charge >= 0.3 is 5.97 Å². The summed E-state index contributed by atoms with van der Waals surface area (Å²) in [6.45, 7) is 4.76. The number of hydrogen-bond donors (Lipinski definition) is 2. The number of carboxylic acid groups (broad SMARTS) is 1. The van der Waals surface area contributed by atoms with E-state index in [1.54, 1.807) is 14.0 Å². The lowest BCUT2D eigenvalue weighted by atomic mass is 9.89. The van der Waals surface area contributed by atoms with Crippen molar-refractivity contribution >= 4 is 11.9 Å². The Morgan fingerprint density at radius 2 is 2.11 bits per heavy atom. The van der Waals surface area contributed by atoms with Gasteiger partial charge in [-0.05, 0) is 31.7 Å². The summed E-state index contributed by atoms with van der Waals surface area (Å²) < 4.78 is 0. The molecule has 0 aromatic heterocycles. The Hall–Kier alpha value is -1.10. The molecule has 1 aliphatic heterocycles. The molecule has 1 amide bonds. The maximum atomic E-state index is 12.3. The minimum Gasteiger partial charge on any atom is -0.480 e.